The van der Waals surface area contributed by atoms with Gasteiger partial charge in [-0.2, -0.15) is 8.42 Å². The summed E-state index contributed by atoms with van der Waals surface area (Å²) in [6, 6.07) is 2.49. The molecule has 2 saturated heterocycles. The lowest BCUT2D eigenvalue weighted by Crippen LogP contribution is -2.76. The molecule has 3 heterocycles. The lowest BCUT2D eigenvalue weighted by Gasteiger charge is -2.45. The first kappa shape index (κ1) is 40.2. The molecule has 6 N–H and O–H groups in total. The Morgan fingerprint density at radius 2 is 1.74 bits per heavy atom. The van der Waals surface area contributed by atoms with Gasteiger partial charge in [-0.3, -0.25) is 24.6 Å². The van der Waals surface area contributed by atoms with E-state index in [1.807, 2.05) is 0 Å². The third-order valence-electron chi connectivity index (χ3n) is 7.12. The summed E-state index contributed by atoms with van der Waals surface area (Å²) in [6.45, 7) is 4.09. The lowest BCUT2D eigenvalue weighted by atomic mass is 9.96. The normalized spacial score (nSPS) is 17.3. The van der Waals surface area contributed by atoms with Gasteiger partial charge in [-0.25, -0.2) is 33.7 Å². The van der Waals surface area contributed by atoms with Gasteiger partial charge < -0.3 is 39.7 Å². The van der Waals surface area contributed by atoms with Crippen molar-refractivity contribution in [1.82, 2.24) is 40.0 Å². The first-order valence-electron chi connectivity index (χ1n) is 15.8. The van der Waals surface area contributed by atoms with Gasteiger partial charge in [0.2, 0.25) is 5.43 Å². The van der Waals surface area contributed by atoms with Crippen LogP contribution in [0.2, 0.25) is 0 Å². The number of rotatable bonds is 10. The first-order chi connectivity index (χ1) is 25.3. The van der Waals surface area contributed by atoms with Gasteiger partial charge in [0.05, 0.1) is 6.54 Å². The van der Waals surface area contributed by atoms with Crippen molar-refractivity contribution in [2.24, 2.45) is 0 Å². The third kappa shape index (κ3) is 9.84. The highest BCUT2D eigenvalue weighted by Gasteiger charge is 2.56. The number of hydrazine groups is 1. The van der Waals surface area contributed by atoms with Crippen LogP contribution in [0.1, 0.15) is 43.7 Å². The van der Waals surface area contributed by atoms with E-state index in [1.54, 1.807) is 56.5 Å². The Morgan fingerprint density at radius 3 is 2.35 bits per heavy atom. The molecule has 0 spiro atoms. The van der Waals surface area contributed by atoms with E-state index in [4.69, 9.17) is 18.9 Å². The van der Waals surface area contributed by atoms with Crippen LogP contribution in [-0.4, -0.2) is 118 Å². The van der Waals surface area contributed by atoms with Crippen LogP contribution in [0.25, 0.3) is 0 Å². The second-order valence-electron chi connectivity index (χ2n) is 12.3. The number of likely N-dealkylation sites (tertiary alicyclic amines) is 1. The number of aromatic amines is 1. The number of aromatic hydroxyl groups is 1. The van der Waals surface area contributed by atoms with E-state index < -0.39 is 106 Å². The summed E-state index contributed by atoms with van der Waals surface area (Å²) in [5, 5.41) is 16.1. The second-order valence-corrected chi connectivity index (χ2v) is 14.0. The minimum atomic E-state index is -5.35. The van der Waals surface area contributed by atoms with Crippen molar-refractivity contribution in [3.05, 3.63) is 64.1 Å². The van der Waals surface area contributed by atoms with Gasteiger partial charge in [-0.05, 0) is 33.3 Å². The minimum Gasteiger partial charge on any atom is -0.503 e. The van der Waals surface area contributed by atoms with E-state index in [0.29, 0.717) is 17.8 Å². The SMILES string of the molecule is CC(NC(=O)OC(C)(C)C)OC(=O)OCC1C(NC(=O)OCc2ccccc2)C(=O)N1C(=O)N(NC(=O)c1cc(=O)c(O)c[nH]1)S(=O)(=O)N1CCNC1=O. The number of alkyl carbamates (subject to hydrolysis) is 2. The zero-order chi connectivity index (χ0) is 40.0. The van der Waals surface area contributed by atoms with Gasteiger partial charge in [0.1, 0.15) is 36.6 Å². The van der Waals surface area contributed by atoms with Crippen molar-refractivity contribution >= 4 is 52.4 Å². The molecule has 54 heavy (non-hydrogen) atoms. The molecule has 2 aliphatic rings. The summed E-state index contributed by atoms with van der Waals surface area (Å²) in [6.07, 6.45) is -4.21. The largest absolute Gasteiger partial charge is 0.510 e. The third-order valence-corrected chi connectivity index (χ3v) is 8.73. The molecule has 0 bridgehead atoms. The topological polar surface area (TPSA) is 301 Å². The fourth-order valence-corrected chi connectivity index (χ4v) is 5.94. The standard InChI is InChI=1S/C30H36N8O15S/c1-16(33-27(45)53-30(2,3)4)52-29(47)51-15-19-22(34-26(44)50-14-17-8-6-5-7-9-17)24(42)37(19)28(46)38(54(48,49)36-11-10-31-25(36)43)35-23(41)18-12-20(39)21(40)13-32-18/h5-9,12-13,16,19,22,40H,10-11,14-15H2,1-4H3,(H,31,43)(H,32,39)(H,33,45)(H,34,44)(H,35,41). The molecule has 3 unspecified atom stereocenters. The number of β-lactam (4-membered cyclic amide) rings is 1. The molecule has 23 nitrogen and oxygen atoms in total. The molecule has 3 atom stereocenters. The van der Waals surface area contributed by atoms with Crippen molar-refractivity contribution < 1.29 is 66.0 Å². The van der Waals surface area contributed by atoms with Gasteiger partial charge in [-0.15, -0.1) is 4.41 Å². The van der Waals surface area contributed by atoms with E-state index in [2.05, 4.69) is 20.9 Å². The van der Waals surface area contributed by atoms with Gasteiger partial charge in [0.15, 0.2) is 12.0 Å². The van der Waals surface area contributed by atoms with Crippen LogP contribution in [-0.2, 0) is 40.6 Å². The molecule has 0 aliphatic carbocycles. The van der Waals surface area contributed by atoms with Gasteiger partial charge in [-0.1, -0.05) is 30.3 Å². The number of carbonyl (C=O) groups is 7. The van der Waals surface area contributed by atoms with E-state index in [0.717, 1.165) is 0 Å². The van der Waals surface area contributed by atoms with Crippen molar-refractivity contribution in [2.75, 3.05) is 19.7 Å². The first-order valence-corrected chi connectivity index (χ1v) is 17.2. The zero-order valence-corrected chi connectivity index (χ0v) is 29.8. The number of hydrogen-bond donors (Lipinski definition) is 6. The number of ether oxygens (including phenoxy) is 4. The van der Waals surface area contributed by atoms with Crippen molar-refractivity contribution in [3.8, 4) is 5.75 Å². The summed E-state index contributed by atoms with van der Waals surface area (Å²) >= 11 is 0. The predicted molar refractivity (Wildman–Crippen MR) is 178 cm³/mol. The Labute approximate surface area is 306 Å². The Bertz CT molecular complexity index is 1970. The number of urea groups is 2. The number of amides is 8. The van der Waals surface area contributed by atoms with Crippen molar-refractivity contribution in [2.45, 2.75) is 58.2 Å². The van der Waals surface area contributed by atoms with Gasteiger partial charge in [0, 0.05) is 18.8 Å². The molecular weight excluding hydrogens is 744 g/mol. The highest BCUT2D eigenvalue weighted by molar-refractivity contribution is 7.87. The summed E-state index contributed by atoms with van der Waals surface area (Å²) in [4.78, 5) is 104. The van der Waals surface area contributed by atoms with E-state index in [9.17, 15) is 51.9 Å². The maximum absolute atomic E-state index is 13.9. The van der Waals surface area contributed by atoms with Crippen LogP contribution in [0.3, 0.4) is 0 Å². The van der Waals surface area contributed by atoms with Crippen LogP contribution in [0.15, 0.2) is 47.4 Å². The Morgan fingerprint density at radius 1 is 1.06 bits per heavy atom. The van der Waals surface area contributed by atoms with Crippen LogP contribution >= 0.6 is 0 Å². The monoisotopic (exact) mass is 780 g/mol. The van der Waals surface area contributed by atoms with E-state index in [1.165, 1.54) is 6.92 Å². The molecule has 2 fully saturated rings. The number of carbonyl (C=O) groups excluding carboxylic acids is 7. The molecule has 1 aromatic carbocycles. The Kier molecular flexibility index (Phi) is 12.2. The molecule has 2 aromatic rings. The van der Waals surface area contributed by atoms with Crippen LogP contribution in [0.5, 0.6) is 5.75 Å². The number of aromatic nitrogens is 1. The summed E-state index contributed by atoms with van der Waals surface area (Å²) < 4.78 is 47.2. The smallest absolute Gasteiger partial charge is 0.503 e. The molecule has 2 aliphatic heterocycles. The average Bonchev–Trinajstić information content (AvgIpc) is 3.53. The zero-order valence-electron chi connectivity index (χ0n) is 29.0. The summed E-state index contributed by atoms with van der Waals surface area (Å²) in [5.41, 5.74) is -0.327. The Balaban J connectivity index is 1.58. The van der Waals surface area contributed by atoms with Crippen molar-refractivity contribution in [1.29, 1.82) is 0 Å². The molecular formula is C30H36N8O15S. The molecule has 1 aromatic heterocycles. The average molecular weight is 781 g/mol. The fourth-order valence-electron chi connectivity index (χ4n) is 4.66. The molecule has 0 saturated carbocycles. The maximum Gasteiger partial charge on any atom is 0.510 e. The fraction of sp³-hybridized carbons (Fsp3) is 0.400. The number of hydrogen-bond acceptors (Lipinski definition) is 15. The summed E-state index contributed by atoms with van der Waals surface area (Å²) in [7, 11) is -5.35. The van der Waals surface area contributed by atoms with E-state index >= 15 is 0 Å². The molecule has 8 amide bonds. The number of imide groups is 1. The van der Waals surface area contributed by atoms with Crippen LogP contribution < -0.4 is 26.8 Å². The van der Waals surface area contributed by atoms with Crippen LogP contribution in [0, 0.1) is 0 Å². The Hall–Kier alpha value is -6.59. The minimum absolute atomic E-state index is 0.160. The summed E-state index contributed by atoms with van der Waals surface area (Å²) in [5.74, 6) is -3.54. The number of H-pyrrole nitrogens is 1. The molecule has 0 radical (unpaired) electrons. The highest BCUT2D eigenvalue weighted by Crippen LogP contribution is 2.25. The number of nitrogens with one attached hydrogen (secondary N) is 5. The van der Waals surface area contributed by atoms with Crippen molar-refractivity contribution in [3.63, 3.8) is 0 Å². The number of benzene rings is 1. The predicted octanol–water partition coefficient (Wildman–Crippen LogP) is -0.0530. The number of pyridine rings is 1. The molecule has 24 heteroatoms. The highest BCUT2D eigenvalue weighted by atomic mass is 32.2. The maximum atomic E-state index is 13.9. The van der Waals surface area contributed by atoms with E-state index in [-0.39, 0.29) is 26.8 Å². The number of nitrogens with zero attached hydrogens (tertiary/aromatic N) is 3. The molecule has 4 rings (SSSR count). The quantitative estimate of drug-likeness (QED) is 0.0605. The molecule has 292 valence electrons. The second kappa shape index (κ2) is 16.4. The van der Waals surface area contributed by atoms with Gasteiger partial charge >= 0.3 is 40.6 Å². The van der Waals surface area contributed by atoms with Crippen LogP contribution in [0.4, 0.5) is 24.0 Å². The van der Waals surface area contributed by atoms with Gasteiger partial charge in [0.25, 0.3) is 11.8 Å². The lowest BCUT2D eigenvalue weighted by molar-refractivity contribution is -0.148.